The van der Waals surface area contributed by atoms with Crippen molar-refractivity contribution >= 4 is 27.7 Å². The van der Waals surface area contributed by atoms with E-state index in [1.165, 1.54) is 4.31 Å². The Kier molecular flexibility index (Phi) is 5.81. The second-order valence-electron chi connectivity index (χ2n) is 6.15. The number of para-hydroxylation sites is 2. The summed E-state index contributed by atoms with van der Waals surface area (Å²) in [5.74, 6) is 0.0516. The fourth-order valence-corrected chi connectivity index (χ4v) is 3.99. The number of amides is 1. The van der Waals surface area contributed by atoms with Crippen molar-refractivity contribution in [3.05, 3.63) is 65.6 Å². The molecule has 0 unspecified atom stereocenters. The first-order chi connectivity index (χ1) is 13.0. The molecular formula is C20H22N2O4S. The van der Waals surface area contributed by atoms with Gasteiger partial charge in [0.2, 0.25) is 0 Å². The molecule has 1 heterocycles. The van der Waals surface area contributed by atoms with E-state index in [4.69, 9.17) is 4.74 Å². The van der Waals surface area contributed by atoms with E-state index in [1.807, 2.05) is 37.3 Å². The summed E-state index contributed by atoms with van der Waals surface area (Å²) in [6.07, 6.45) is 1.43. The Morgan fingerprint density at radius 2 is 1.89 bits per heavy atom. The number of hydrogen-bond acceptors (Lipinski definition) is 4. The molecule has 2 aromatic rings. The van der Waals surface area contributed by atoms with Crippen molar-refractivity contribution in [3.8, 4) is 5.75 Å². The van der Waals surface area contributed by atoms with E-state index in [0.29, 0.717) is 18.0 Å². The third-order valence-corrected chi connectivity index (χ3v) is 5.56. The van der Waals surface area contributed by atoms with Gasteiger partial charge in [0.25, 0.3) is 15.9 Å². The van der Waals surface area contributed by atoms with E-state index in [2.05, 4.69) is 5.32 Å². The largest absolute Gasteiger partial charge is 0.476 e. The second-order valence-corrected chi connectivity index (χ2v) is 7.90. The van der Waals surface area contributed by atoms with Crippen molar-refractivity contribution in [2.24, 2.45) is 0 Å². The molecule has 3 rings (SSSR count). The van der Waals surface area contributed by atoms with Gasteiger partial charge in [0.15, 0.2) is 6.10 Å². The Bertz CT molecular complexity index is 926. The number of hydrogen-bond donors (Lipinski definition) is 1. The average molecular weight is 386 g/mol. The van der Waals surface area contributed by atoms with Crippen molar-refractivity contribution in [2.45, 2.75) is 19.4 Å². The smallest absolute Gasteiger partial charge is 0.263 e. The van der Waals surface area contributed by atoms with Crippen LogP contribution in [0.1, 0.15) is 18.9 Å². The predicted molar refractivity (Wildman–Crippen MR) is 106 cm³/mol. The summed E-state index contributed by atoms with van der Waals surface area (Å²) in [6.45, 7) is 2.39. The zero-order valence-corrected chi connectivity index (χ0v) is 15.9. The van der Waals surface area contributed by atoms with Crippen LogP contribution in [0.2, 0.25) is 0 Å². The van der Waals surface area contributed by atoms with E-state index in [0.717, 1.165) is 17.4 Å². The molecule has 7 heteroatoms. The Morgan fingerprint density at radius 1 is 1.19 bits per heavy atom. The third kappa shape index (κ3) is 4.49. The van der Waals surface area contributed by atoms with Crippen molar-refractivity contribution in [1.82, 2.24) is 5.32 Å². The van der Waals surface area contributed by atoms with Crippen LogP contribution < -0.4 is 14.4 Å². The van der Waals surface area contributed by atoms with Gasteiger partial charge in [0, 0.05) is 6.54 Å². The highest BCUT2D eigenvalue weighted by molar-refractivity contribution is 7.95. The fourth-order valence-electron chi connectivity index (χ4n) is 2.74. The number of ether oxygens (including phenoxy) is 1. The van der Waals surface area contributed by atoms with Gasteiger partial charge in [-0.05, 0) is 30.2 Å². The molecule has 0 spiro atoms. The number of carbonyl (C=O) groups excluding carboxylic acids is 1. The highest BCUT2D eigenvalue weighted by Crippen LogP contribution is 2.35. The van der Waals surface area contributed by atoms with Gasteiger partial charge in [-0.3, -0.25) is 9.10 Å². The summed E-state index contributed by atoms with van der Waals surface area (Å²) in [7, 11) is -3.79. The topological polar surface area (TPSA) is 75.7 Å². The number of benzene rings is 2. The summed E-state index contributed by atoms with van der Waals surface area (Å²) in [4.78, 5) is 12.3. The minimum Gasteiger partial charge on any atom is -0.476 e. The number of carbonyl (C=O) groups is 1. The summed E-state index contributed by atoms with van der Waals surface area (Å²) >= 11 is 0. The Morgan fingerprint density at radius 3 is 2.63 bits per heavy atom. The molecule has 1 amide bonds. The van der Waals surface area contributed by atoms with Crippen LogP contribution in [0.25, 0.3) is 6.08 Å². The first-order valence-corrected chi connectivity index (χ1v) is 10.3. The van der Waals surface area contributed by atoms with Crippen LogP contribution in [0.15, 0.2) is 60.0 Å². The van der Waals surface area contributed by atoms with Crippen molar-refractivity contribution in [2.75, 3.05) is 17.4 Å². The number of nitrogens with one attached hydrogen (secondary N) is 1. The van der Waals surface area contributed by atoms with Gasteiger partial charge in [-0.25, -0.2) is 8.42 Å². The molecule has 0 saturated carbocycles. The Balaban J connectivity index is 1.90. The van der Waals surface area contributed by atoms with Gasteiger partial charge in [0.1, 0.15) is 5.75 Å². The normalized spacial score (nSPS) is 16.6. The van der Waals surface area contributed by atoms with E-state index >= 15 is 0 Å². The minimum atomic E-state index is -3.79. The second kappa shape index (κ2) is 8.26. The fraction of sp³-hybridized carbons (Fsp3) is 0.250. The Labute approximate surface area is 159 Å². The molecule has 2 aromatic carbocycles. The van der Waals surface area contributed by atoms with E-state index < -0.39 is 16.1 Å². The van der Waals surface area contributed by atoms with Gasteiger partial charge < -0.3 is 10.1 Å². The molecular weight excluding hydrogens is 364 g/mol. The monoisotopic (exact) mass is 386 g/mol. The van der Waals surface area contributed by atoms with E-state index in [-0.39, 0.29) is 12.5 Å². The molecule has 1 aliphatic heterocycles. The van der Waals surface area contributed by atoms with Crippen LogP contribution >= 0.6 is 0 Å². The molecule has 6 nitrogen and oxygen atoms in total. The van der Waals surface area contributed by atoms with Gasteiger partial charge >= 0.3 is 0 Å². The lowest BCUT2D eigenvalue weighted by atomic mass is 10.2. The molecule has 0 aromatic heterocycles. The molecule has 1 atom stereocenters. The maximum absolute atomic E-state index is 13.0. The lowest BCUT2D eigenvalue weighted by Gasteiger charge is -2.34. The molecule has 142 valence electrons. The van der Waals surface area contributed by atoms with E-state index in [1.54, 1.807) is 30.3 Å². The highest BCUT2D eigenvalue weighted by atomic mass is 32.2. The van der Waals surface area contributed by atoms with Crippen LogP contribution in [0.5, 0.6) is 5.75 Å². The molecule has 0 fully saturated rings. The zero-order valence-electron chi connectivity index (χ0n) is 15.0. The summed E-state index contributed by atoms with van der Waals surface area (Å²) in [5, 5.41) is 3.92. The number of sulfonamides is 1. The molecule has 1 aliphatic rings. The summed E-state index contributed by atoms with van der Waals surface area (Å²) < 4.78 is 32.9. The molecule has 0 bridgehead atoms. The maximum Gasteiger partial charge on any atom is 0.263 e. The maximum atomic E-state index is 13.0. The minimum absolute atomic E-state index is 0.0754. The van der Waals surface area contributed by atoms with E-state index in [9.17, 15) is 13.2 Å². The Hall–Kier alpha value is -2.80. The first kappa shape index (κ1) is 19.0. The number of rotatable bonds is 6. The highest BCUT2D eigenvalue weighted by Gasteiger charge is 2.35. The lowest BCUT2D eigenvalue weighted by molar-refractivity contribution is -0.127. The van der Waals surface area contributed by atoms with Crippen molar-refractivity contribution in [1.29, 1.82) is 0 Å². The number of anilines is 1. The van der Waals surface area contributed by atoms with Crippen LogP contribution in [0.4, 0.5) is 5.69 Å². The standard InChI is InChI=1S/C20H22N2O4S/c1-2-13-21-20(23)19-15-22(17-10-6-7-11-18(17)26-19)27(24,25)14-12-16-8-4-3-5-9-16/h3-12,14,19H,2,13,15H2,1H3,(H,21,23)/b14-12+/t19-/m0/s1. The van der Waals surface area contributed by atoms with Crippen LogP contribution in [-0.4, -0.2) is 33.5 Å². The zero-order chi connectivity index (χ0) is 19.3. The molecule has 27 heavy (non-hydrogen) atoms. The molecule has 0 saturated heterocycles. The van der Waals surface area contributed by atoms with Crippen molar-refractivity contribution < 1.29 is 17.9 Å². The lowest BCUT2D eigenvalue weighted by Crippen LogP contribution is -2.50. The number of fused-ring (bicyclic) bond motifs is 1. The average Bonchev–Trinajstić information content (AvgIpc) is 2.70. The number of nitrogens with zero attached hydrogens (tertiary/aromatic N) is 1. The van der Waals surface area contributed by atoms with Crippen LogP contribution in [-0.2, 0) is 14.8 Å². The third-order valence-electron chi connectivity index (χ3n) is 4.12. The molecule has 0 aliphatic carbocycles. The molecule has 0 radical (unpaired) electrons. The van der Waals surface area contributed by atoms with Crippen molar-refractivity contribution in [3.63, 3.8) is 0 Å². The summed E-state index contributed by atoms with van der Waals surface area (Å²) in [6, 6.07) is 16.0. The van der Waals surface area contributed by atoms with Gasteiger partial charge in [-0.1, -0.05) is 49.4 Å². The van der Waals surface area contributed by atoms with Gasteiger partial charge in [0.05, 0.1) is 17.6 Å². The predicted octanol–water partition coefficient (Wildman–Crippen LogP) is 2.78. The quantitative estimate of drug-likeness (QED) is 0.828. The summed E-state index contributed by atoms with van der Waals surface area (Å²) in [5.41, 5.74) is 1.20. The van der Waals surface area contributed by atoms with Gasteiger partial charge in [-0.2, -0.15) is 0 Å². The van der Waals surface area contributed by atoms with Crippen LogP contribution in [0, 0.1) is 0 Å². The SMILES string of the molecule is CCCNC(=O)[C@@H]1CN(S(=O)(=O)/C=C/c2ccccc2)c2ccccc2O1. The first-order valence-electron chi connectivity index (χ1n) is 8.80. The molecule has 1 N–H and O–H groups in total. The van der Waals surface area contributed by atoms with Crippen LogP contribution in [0.3, 0.4) is 0 Å². The van der Waals surface area contributed by atoms with Gasteiger partial charge in [-0.15, -0.1) is 0 Å².